The Morgan fingerprint density at radius 1 is 1.23 bits per heavy atom. The maximum Gasteiger partial charge on any atom is 0.0657 e. The van der Waals surface area contributed by atoms with Gasteiger partial charge in [0.05, 0.1) is 12.2 Å². The molecular formula is C11H14N2. The van der Waals surface area contributed by atoms with E-state index in [4.69, 9.17) is 0 Å². The van der Waals surface area contributed by atoms with E-state index >= 15 is 0 Å². The zero-order valence-electron chi connectivity index (χ0n) is 8.39. The molecule has 0 bridgehead atoms. The van der Waals surface area contributed by atoms with Crippen LogP contribution in [0.3, 0.4) is 0 Å². The lowest BCUT2D eigenvalue weighted by molar-refractivity contribution is 0.915. The molecule has 0 aromatic carbocycles. The third-order valence-electron chi connectivity index (χ3n) is 2.58. The van der Waals surface area contributed by atoms with Crippen molar-refractivity contribution in [1.29, 1.82) is 0 Å². The van der Waals surface area contributed by atoms with E-state index < -0.39 is 0 Å². The summed E-state index contributed by atoms with van der Waals surface area (Å²) in [5.41, 5.74) is 6.13. The predicted molar refractivity (Wildman–Crippen MR) is 54.2 cm³/mol. The molecule has 0 atom stereocenters. The summed E-state index contributed by atoms with van der Waals surface area (Å²) in [6.07, 6.45) is 0.927. The van der Waals surface area contributed by atoms with Gasteiger partial charge in [-0.15, -0.1) is 0 Å². The number of hydrogen-bond donors (Lipinski definition) is 0. The SMILES string of the molecule is CC1=NCc2cc(C)c(C)nc2C1. The van der Waals surface area contributed by atoms with Crippen molar-refractivity contribution in [1.82, 2.24) is 4.98 Å². The monoisotopic (exact) mass is 174 g/mol. The highest BCUT2D eigenvalue weighted by Gasteiger charge is 2.11. The minimum absolute atomic E-state index is 0.815. The first-order chi connectivity index (χ1) is 6.16. The number of fused-ring (bicyclic) bond motifs is 1. The van der Waals surface area contributed by atoms with Crippen molar-refractivity contribution in [3.63, 3.8) is 0 Å². The van der Waals surface area contributed by atoms with Crippen LogP contribution in [0.15, 0.2) is 11.1 Å². The fourth-order valence-corrected chi connectivity index (χ4v) is 1.62. The summed E-state index contributed by atoms with van der Waals surface area (Å²) in [7, 11) is 0. The molecule has 0 aliphatic carbocycles. The molecule has 0 radical (unpaired) electrons. The molecular weight excluding hydrogens is 160 g/mol. The lowest BCUT2D eigenvalue weighted by Crippen LogP contribution is -2.11. The molecule has 0 saturated heterocycles. The lowest BCUT2D eigenvalue weighted by Gasteiger charge is -2.14. The van der Waals surface area contributed by atoms with E-state index in [0.717, 1.165) is 18.7 Å². The summed E-state index contributed by atoms with van der Waals surface area (Å²) in [6, 6.07) is 2.22. The van der Waals surface area contributed by atoms with Crippen LogP contribution in [0.2, 0.25) is 0 Å². The quantitative estimate of drug-likeness (QED) is 0.592. The third kappa shape index (κ3) is 1.48. The molecule has 1 aliphatic heterocycles. The standard InChI is InChI=1S/C11H14N2/c1-7-4-10-6-12-8(2)5-11(10)13-9(7)3/h4H,5-6H2,1-3H3. The minimum Gasteiger partial charge on any atom is -0.289 e. The van der Waals surface area contributed by atoms with Gasteiger partial charge in [0.1, 0.15) is 0 Å². The van der Waals surface area contributed by atoms with Crippen LogP contribution in [0.25, 0.3) is 0 Å². The maximum atomic E-state index is 4.58. The normalized spacial score (nSPS) is 15.2. The van der Waals surface area contributed by atoms with Crippen LogP contribution in [0.5, 0.6) is 0 Å². The topological polar surface area (TPSA) is 25.2 Å². The van der Waals surface area contributed by atoms with Crippen LogP contribution >= 0.6 is 0 Å². The molecule has 0 amide bonds. The molecule has 68 valence electrons. The Bertz CT molecular complexity index is 378. The van der Waals surface area contributed by atoms with Gasteiger partial charge < -0.3 is 0 Å². The number of aryl methyl sites for hydroxylation is 2. The van der Waals surface area contributed by atoms with Crippen molar-refractivity contribution in [3.8, 4) is 0 Å². The Labute approximate surface area is 78.7 Å². The summed E-state index contributed by atoms with van der Waals surface area (Å²) in [5.74, 6) is 0. The Morgan fingerprint density at radius 3 is 2.77 bits per heavy atom. The fourth-order valence-electron chi connectivity index (χ4n) is 1.62. The Morgan fingerprint density at radius 2 is 2.00 bits per heavy atom. The van der Waals surface area contributed by atoms with Gasteiger partial charge in [-0.1, -0.05) is 6.07 Å². The van der Waals surface area contributed by atoms with Crippen molar-refractivity contribution in [2.75, 3.05) is 0 Å². The van der Waals surface area contributed by atoms with Crippen molar-refractivity contribution in [2.45, 2.75) is 33.7 Å². The number of nitrogens with zero attached hydrogens (tertiary/aromatic N) is 2. The molecule has 2 heterocycles. The van der Waals surface area contributed by atoms with E-state index in [1.54, 1.807) is 0 Å². The number of aromatic nitrogens is 1. The second-order valence-corrected chi connectivity index (χ2v) is 3.72. The smallest absolute Gasteiger partial charge is 0.0657 e. The van der Waals surface area contributed by atoms with Crippen molar-refractivity contribution >= 4 is 5.71 Å². The van der Waals surface area contributed by atoms with Gasteiger partial charge in [0.25, 0.3) is 0 Å². The van der Waals surface area contributed by atoms with Gasteiger partial charge in [-0.3, -0.25) is 9.98 Å². The fraction of sp³-hybridized carbons (Fsp3) is 0.455. The summed E-state index contributed by atoms with van der Waals surface area (Å²) in [6.45, 7) is 7.06. The molecule has 13 heavy (non-hydrogen) atoms. The summed E-state index contributed by atoms with van der Waals surface area (Å²) >= 11 is 0. The number of pyridine rings is 1. The van der Waals surface area contributed by atoms with Gasteiger partial charge >= 0.3 is 0 Å². The van der Waals surface area contributed by atoms with Crippen LogP contribution in [0.1, 0.15) is 29.4 Å². The van der Waals surface area contributed by atoms with E-state index in [1.807, 2.05) is 0 Å². The van der Waals surface area contributed by atoms with Crippen molar-refractivity contribution in [2.24, 2.45) is 4.99 Å². The lowest BCUT2D eigenvalue weighted by atomic mass is 10.0. The first-order valence-electron chi connectivity index (χ1n) is 4.63. The number of hydrogen-bond acceptors (Lipinski definition) is 2. The van der Waals surface area contributed by atoms with Gasteiger partial charge in [0.15, 0.2) is 0 Å². The molecule has 0 spiro atoms. The number of aliphatic imine (C=N–C) groups is 1. The highest BCUT2D eigenvalue weighted by Crippen LogP contribution is 2.17. The summed E-state index contributed by atoms with van der Waals surface area (Å²) in [5, 5.41) is 0. The number of rotatable bonds is 0. The highest BCUT2D eigenvalue weighted by atomic mass is 14.8. The Hall–Kier alpha value is -1.18. The zero-order chi connectivity index (χ0) is 9.42. The van der Waals surface area contributed by atoms with Crippen molar-refractivity contribution < 1.29 is 0 Å². The molecule has 1 aliphatic rings. The van der Waals surface area contributed by atoms with Gasteiger partial charge in [-0.05, 0) is 31.9 Å². The molecule has 0 N–H and O–H groups in total. The predicted octanol–water partition coefficient (Wildman–Crippen LogP) is 2.22. The molecule has 2 rings (SSSR count). The van der Waals surface area contributed by atoms with Crippen LogP contribution in [-0.4, -0.2) is 10.7 Å². The zero-order valence-corrected chi connectivity index (χ0v) is 8.39. The van der Waals surface area contributed by atoms with Crippen molar-refractivity contribution in [3.05, 3.63) is 28.6 Å². The average molecular weight is 174 g/mol. The van der Waals surface area contributed by atoms with E-state index in [1.165, 1.54) is 22.5 Å². The largest absolute Gasteiger partial charge is 0.289 e. The van der Waals surface area contributed by atoms with E-state index in [0.29, 0.717) is 0 Å². The molecule has 0 saturated carbocycles. The summed E-state index contributed by atoms with van der Waals surface area (Å²) in [4.78, 5) is 9.00. The van der Waals surface area contributed by atoms with Gasteiger partial charge in [-0.25, -0.2) is 0 Å². The molecule has 0 unspecified atom stereocenters. The van der Waals surface area contributed by atoms with Crippen LogP contribution in [0.4, 0.5) is 0 Å². The Balaban J connectivity index is 2.48. The first-order valence-corrected chi connectivity index (χ1v) is 4.63. The maximum absolute atomic E-state index is 4.58. The molecule has 1 aromatic heterocycles. The Kier molecular flexibility index (Phi) is 1.91. The molecule has 2 heteroatoms. The van der Waals surface area contributed by atoms with Gasteiger partial charge in [0.2, 0.25) is 0 Å². The third-order valence-corrected chi connectivity index (χ3v) is 2.58. The summed E-state index contributed by atoms with van der Waals surface area (Å²) < 4.78 is 0. The first kappa shape index (κ1) is 8.42. The highest BCUT2D eigenvalue weighted by molar-refractivity contribution is 5.85. The second kappa shape index (κ2) is 2.95. The van der Waals surface area contributed by atoms with Crippen LogP contribution in [0, 0.1) is 13.8 Å². The van der Waals surface area contributed by atoms with Gasteiger partial charge in [0, 0.05) is 17.8 Å². The molecule has 0 fully saturated rings. The van der Waals surface area contributed by atoms with Gasteiger partial charge in [-0.2, -0.15) is 0 Å². The second-order valence-electron chi connectivity index (χ2n) is 3.72. The average Bonchev–Trinajstić information content (AvgIpc) is 2.08. The van der Waals surface area contributed by atoms with Crippen LogP contribution in [-0.2, 0) is 13.0 Å². The minimum atomic E-state index is 0.815. The molecule has 1 aromatic rings. The van der Waals surface area contributed by atoms with E-state index in [-0.39, 0.29) is 0 Å². The van der Waals surface area contributed by atoms with Crippen LogP contribution < -0.4 is 0 Å². The molecule has 2 nitrogen and oxygen atoms in total. The van der Waals surface area contributed by atoms with E-state index in [2.05, 4.69) is 36.8 Å². The van der Waals surface area contributed by atoms with E-state index in [9.17, 15) is 0 Å².